The topological polar surface area (TPSA) is 87.3 Å². The van der Waals surface area contributed by atoms with Gasteiger partial charge in [-0.25, -0.2) is 0 Å². The lowest BCUT2D eigenvalue weighted by atomic mass is 10.1. The lowest BCUT2D eigenvalue weighted by Gasteiger charge is -2.18. The minimum Gasteiger partial charge on any atom is -0.353 e. The third kappa shape index (κ3) is 8.68. The summed E-state index contributed by atoms with van der Waals surface area (Å²) in [6.45, 7) is 10.8. The molecular weight excluding hydrogens is 258 g/mol. The highest BCUT2D eigenvalue weighted by Crippen LogP contribution is 1.96. The van der Waals surface area contributed by atoms with Crippen LogP contribution in [0.25, 0.3) is 0 Å². The molecule has 0 aromatic rings. The molecule has 1 unspecified atom stereocenters. The van der Waals surface area contributed by atoms with E-state index in [-0.39, 0.29) is 23.8 Å². The molecule has 0 saturated carbocycles. The van der Waals surface area contributed by atoms with Crippen molar-refractivity contribution in [2.45, 2.75) is 18.9 Å². The van der Waals surface area contributed by atoms with Crippen molar-refractivity contribution in [3.8, 4) is 0 Å². The maximum atomic E-state index is 11.3. The first-order chi connectivity index (χ1) is 9.53. The maximum Gasteiger partial charge on any atom is 0.243 e. The maximum absolute atomic E-state index is 11.3. The third-order valence-corrected chi connectivity index (χ3v) is 2.45. The molecule has 0 bridgehead atoms. The fraction of sp³-hybridized carbons (Fsp3) is 0.357. The molecule has 3 amide bonds. The molecular formula is C14H21N3O3. The van der Waals surface area contributed by atoms with Crippen molar-refractivity contribution >= 4 is 17.7 Å². The van der Waals surface area contributed by atoms with E-state index in [1.54, 1.807) is 0 Å². The summed E-state index contributed by atoms with van der Waals surface area (Å²) in [4.78, 5) is 33.3. The first kappa shape index (κ1) is 17.6. The quantitative estimate of drug-likeness (QED) is 0.390. The summed E-state index contributed by atoms with van der Waals surface area (Å²) in [6.07, 6.45) is 4.79. The van der Waals surface area contributed by atoms with Gasteiger partial charge in [-0.1, -0.05) is 19.7 Å². The fourth-order valence-corrected chi connectivity index (χ4v) is 1.41. The van der Waals surface area contributed by atoms with Crippen LogP contribution in [-0.4, -0.2) is 36.9 Å². The van der Waals surface area contributed by atoms with Gasteiger partial charge in [0.25, 0.3) is 0 Å². The van der Waals surface area contributed by atoms with Gasteiger partial charge in [-0.3, -0.25) is 14.4 Å². The summed E-state index contributed by atoms with van der Waals surface area (Å²) < 4.78 is 0. The highest BCUT2D eigenvalue weighted by atomic mass is 16.2. The van der Waals surface area contributed by atoms with Crippen molar-refractivity contribution in [2.75, 3.05) is 13.1 Å². The number of hydrogen-bond acceptors (Lipinski definition) is 3. The van der Waals surface area contributed by atoms with E-state index in [1.165, 1.54) is 12.2 Å². The van der Waals surface area contributed by atoms with Crippen molar-refractivity contribution in [2.24, 2.45) is 0 Å². The highest BCUT2D eigenvalue weighted by Gasteiger charge is 2.11. The molecule has 0 fully saturated rings. The normalized spacial score (nSPS) is 10.8. The van der Waals surface area contributed by atoms with E-state index in [1.807, 2.05) is 0 Å². The van der Waals surface area contributed by atoms with Crippen LogP contribution in [0, 0.1) is 0 Å². The number of rotatable bonds is 10. The van der Waals surface area contributed by atoms with Gasteiger partial charge in [0.1, 0.15) is 0 Å². The second kappa shape index (κ2) is 10.5. The molecule has 110 valence electrons. The summed E-state index contributed by atoms with van der Waals surface area (Å²) in [5.74, 6) is -0.850. The Kier molecular flexibility index (Phi) is 9.29. The van der Waals surface area contributed by atoms with Crippen molar-refractivity contribution in [3.05, 3.63) is 38.0 Å². The molecule has 0 aliphatic rings. The van der Waals surface area contributed by atoms with Gasteiger partial charge in [0.05, 0.1) is 0 Å². The Bertz CT molecular complexity index is 391. The van der Waals surface area contributed by atoms with Gasteiger partial charge >= 0.3 is 0 Å². The van der Waals surface area contributed by atoms with Crippen LogP contribution < -0.4 is 16.0 Å². The van der Waals surface area contributed by atoms with E-state index in [9.17, 15) is 14.4 Å². The van der Waals surface area contributed by atoms with Crippen LogP contribution in [0.15, 0.2) is 38.0 Å². The van der Waals surface area contributed by atoms with Gasteiger partial charge in [-0.05, 0) is 31.1 Å². The lowest BCUT2D eigenvalue weighted by Crippen LogP contribution is -2.43. The predicted octanol–water partition coefficient (Wildman–Crippen LogP) is 0.0418. The molecule has 0 aromatic heterocycles. The first-order valence-corrected chi connectivity index (χ1v) is 6.27. The highest BCUT2D eigenvalue weighted by molar-refractivity contribution is 5.88. The van der Waals surface area contributed by atoms with Crippen molar-refractivity contribution in [3.63, 3.8) is 0 Å². The zero-order valence-electron chi connectivity index (χ0n) is 11.5. The molecule has 20 heavy (non-hydrogen) atoms. The van der Waals surface area contributed by atoms with E-state index in [0.717, 1.165) is 6.08 Å². The standard InChI is InChI=1S/C14H21N3O3/c1-4-12(18)15-9-7-8-11(17-14(20)6-3)10-16-13(19)5-2/h4-6,11H,1-3,7-10H2,(H,15,18)(H,16,19)(H,17,20). The molecule has 1 atom stereocenters. The molecule has 0 radical (unpaired) electrons. The Morgan fingerprint density at radius 2 is 1.45 bits per heavy atom. The third-order valence-electron chi connectivity index (χ3n) is 2.45. The van der Waals surface area contributed by atoms with Crippen LogP contribution in [0.1, 0.15) is 12.8 Å². The fourth-order valence-electron chi connectivity index (χ4n) is 1.41. The number of amides is 3. The molecule has 0 rings (SSSR count). The predicted molar refractivity (Wildman–Crippen MR) is 77.8 cm³/mol. The Balaban J connectivity index is 4.16. The second-order valence-electron chi connectivity index (χ2n) is 4.00. The molecule has 0 aliphatic carbocycles. The van der Waals surface area contributed by atoms with Gasteiger partial charge < -0.3 is 16.0 Å². The average Bonchev–Trinajstić information content (AvgIpc) is 2.47. The van der Waals surface area contributed by atoms with E-state index in [2.05, 4.69) is 35.7 Å². The molecule has 0 saturated heterocycles. The molecule has 0 heterocycles. The Labute approximate surface area is 119 Å². The summed E-state index contributed by atoms with van der Waals surface area (Å²) in [5, 5.41) is 7.96. The summed E-state index contributed by atoms with van der Waals surface area (Å²) in [5.41, 5.74) is 0. The zero-order valence-corrected chi connectivity index (χ0v) is 11.5. The van der Waals surface area contributed by atoms with Crippen LogP contribution in [0.4, 0.5) is 0 Å². The largest absolute Gasteiger partial charge is 0.353 e. The van der Waals surface area contributed by atoms with Crippen molar-refractivity contribution in [1.82, 2.24) is 16.0 Å². The average molecular weight is 279 g/mol. The molecule has 6 nitrogen and oxygen atoms in total. The number of hydrogen-bond donors (Lipinski definition) is 3. The summed E-state index contributed by atoms with van der Waals surface area (Å²) in [6, 6.07) is -0.231. The van der Waals surface area contributed by atoms with E-state index in [4.69, 9.17) is 0 Å². The number of carbonyl (C=O) groups is 3. The number of carbonyl (C=O) groups excluding carboxylic acids is 3. The van der Waals surface area contributed by atoms with E-state index < -0.39 is 0 Å². The van der Waals surface area contributed by atoms with Crippen molar-refractivity contribution in [1.29, 1.82) is 0 Å². The minimum absolute atomic E-state index is 0.231. The van der Waals surface area contributed by atoms with Gasteiger partial charge in [-0.2, -0.15) is 0 Å². The Hall–Kier alpha value is -2.37. The molecule has 3 N–H and O–H groups in total. The van der Waals surface area contributed by atoms with Gasteiger partial charge in [0.2, 0.25) is 17.7 Å². The lowest BCUT2D eigenvalue weighted by molar-refractivity contribution is -0.119. The van der Waals surface area contributed by atoms with Crippen LogP contribution in [0.2, 0.25) is 0 Å². The van der Waals surface area contributed by atoms with Gasteiger partial charge in [0, 0.05) is 19.1 Å². The molecule has 0 spiro atoms. The van der Waals surface area contributed by atoms with Crippen LogP contribution in [0.3, 0.4) is 0 Å². The number of nitrogens with one attached hydrogen (secondary N) is 3. The van der Waals surface area contributed by atoms with Crippen molar-refractivity contribution < 1.29 is 14.4 Å². The van der Waals surface area contributed by atoms with Crippen LogP contribution in [-0.2, 0) is 14.4 Å². The van der Waals surface area contributed by atoms with Gasteiger partial charge in [-0.15, -0.1) is 0 Å². The monoisotopic (exact) mass is 279 g/mol. The SMILES string of the molecule is C=CC(=O)NCCCC(CNC(=O)C=C)NC(=O)C=C. The van der Waals surface area contributed by atoms with E-state index in [0.29, 0.717) is 25.9 Å². The van der Waals surface area contributed by atoms with Gasteiger partial charge in [0.15, 0.2) is 0 Å². The second-order valence-corrected chi connectivity index (χ2v) is 4.00. The minimum atomic E-state index is -0.307. The smallest absolute Gasteiger partial charge is 0.243 e. The van der Waals surface area contributed by atoms with Crippen LogP contribution >= 0.6 is 0 Å². The molecule has 6 heteroatoms. The zero-order chi connectivity index (χ0) is 15.4. The molecule has 0 aromatic carbocycles. The first-order valence-electron chi connectivity index (χ1n) is 6.27. The summed E-state index contributed by atoms with van der Waals surface area (Å²) >= 11 is 0. The summed E-state index contributed by atoms with van der Waals surface area (Å²) in [7, 11) is 0. The van der Waals surface area contributed by atoms with Crippen LogP contribution in [0.5, 0.6) is 0 Å². The Morgan fingerprint density at radius 3 is 2.00 bits per heavy atom. The Morgan fingerprint density at radius 1 is 0.900 bits per heavy atom. The van der Waals surface area contributed by atoms with E-state index >= 15 is 0 Å². The molecule has 0 aliphatic heterocycles.